The summed E-state index contributed by atoms with van der Waals surface area (Å²) in [5.74, 6) is 0.277. The van der Waals surface area contributed by atoms with E-state index in [1.54, 1.807) is 20.0 Å². The fourth-order valence-corrected chi connectivity index (χ4v) is 1.62. The summed E-state index contributed by atoms with van der Waals surface area (Å²) in [6.45, 7) is 9.33. The van der Waals surface area contributed by atoms with Crippen LogP contribution in [-0.4, -0.2) is 23.6 Å². The Bertz CT molecular complexity index is 455. The summed E-state index contributed by atoms with van der Waals surface area (Å²) in [5.41, 5.74) is 0.822. The maximum Gasteiger partial charge on any atom is 0.237 e. The lowest BCUT2D eigenvalue weighted by molar-refractivity contribution is 0.572. The first-order valence-electron chi connectivity index (χ1n) is 5.20. The molecule has 6 heteroatoms. The molecule has 0 fully saturated rings. The quantitative estimate of drug-likeness (QED) is 0.853. The highest BCUT2D eigenvalue weighted by Crippen LogP contribution is 2.21. The van der Waals surface area contributed by atoms with Crippen LogP contribution in [0.5, 0.6) is 0 Å². The molecule has 0 radical (unpaired) electrons. The van der Waals surface area contributed by atoms with E-state index in [9.17, 15) is 8.42 Å². The summed E-state index contributed by atoms with van der Waals surface area (Å²) in [4.78, 5) is 6.97. The number of hydrogen-bond donors (Lipinski definition) is 2. The SMILES string of the molecule is CC(C)S(=O)(=O)Nc1ncc(C(C)(C)C)[nH]1. The van der Waals surface area contributed by atoms with Gasteiger partial charge < -0.3 is 4.98 Å². The third-order valence-electron chi connectivity index (χ3n) is 2.24. The molecule has 0 saturated heterocycles. The molecule has 0 unspecified atom stereocenters. The lowest BCUT2D eigenvalue weighted by Crippen LogP contribution is -2.23. The molecule has 0 aliphatic carbocycles. The third kappa shape index (κ3) is 2.98. The maximum absolute atomic E-state index is 11.6. The van der Waals surface area contributed by atoms with E-state index >= 15 is 0 Å². The Morgan fingerprint density at radius 2 is 1.94 bits per heavy atom. The fraction of sp³-hybridized carbons (Fsp3) is 0.700. The topological polar surface area (TPSA) is 74.8 Å². The van der Waals surface area contributed by atoms with E-state index in [0.717, 1.165) is 5.69 Å². The van der Waals surface area contributed by atoms with Gasteiger partial charge in [-0.3, -0.25) is 4.72 Å². The van der Waals surface area contributed by atoms with Crippen LogP contribution in [0.3, 0.4) is 0 Å². The summed E-state index contributed by atoms with van der Waals surface area (Å²) in [6.07, 6.45) is 1.65. The first kappa shape index (κ1) is 13.0. The van der Waals surface area contributed by atoms with Crippen molar-refractivity contribution in [2.45, 2.75) is 45.3 Å². The standard InChI is InChI=1S/C10H19N3O2S/c1-7(2)16(14,15)13-9-11-6-8(12-9)10(3,4)5/h6-7H,1-5H3,(H2,11,12,13). The molecular formula is C10H19N3O2S. The van der Waals surface area contributed by atoms with Gasteiger partial charge in [-0.15, -0.1) is 0 Å². The number of nitrogens with one attached hydrogen (secondary N) is 2. The second-order valence-corrected chi connectivity index (χ2v) is 7.33. The van der Waals surface area contributed by atoms with Crippen LogP contribution in [0.4, 0.5) is 5.95 Å². The summed E-state index contributed by atoms with van der Waals surface area (Å²) in [5, 5.41) is -0.476. The molecule has 1 heterocycles. The molecule has 0 saturated carbocycles. The molecule has 0 atom stereocenters. The average Bonchev–Trinajstić information content (AvgIpc) is 2.50. The van der Waals surface area contributed by atoms with Crippen molar-refractivity contribution in [3.63, 3.8) is 0 Å². The number of imidazole rings is 1. The Kier molecular flexibility index (Phi) is 3.33. The minimum absolute atomic E-state index is 0.0749. The maximum atomic E-state index is 11.6. The van der Waals surface area contributed by atoms with Crippen molar-refractivity contribution in [2.24, 2.45) is 0 Å². The van der Waals surface area contributed by atoms with E-state index in [2.05, 4.69) is 14.7 Å². The zero-order valence-corrected chi connectivity index (χ0v) is 11.1. The molecule has 1 aromatic rings. The number of nitrogens with zero attached hydrogens (tertiary/aromatic N) is 1. The molecule has 2 N–H and O–H groups in total. The largest absolute Gasteiger partial charge is 0.327 e. The van der Waals surface area contributed by atoms with Crippen molar-refractivity contribution in [1.82, 2.24) is 9.97 Å². The Morgan fingerprint density at radius 3 is 2.31 bits per heavy atom. The highest BCUT2D eigenvalue weighted by Gasteiger charge is 2.20. The molecule has 0 amide bonds. The molecule has 92 valence electrons. The van der Waals surface area contributed by atoms with Gasteiger partial charge in [-0.1, -0.05) is 20.8 Å². The molecule has 0 spiro atoms. The fourth-order valence-electron chi connectivity index (χ4n) is 1.01. The van der Waals surface area contributed by atoms with Gasteiger partial charge in [-0.25, -0.2) is 13.4 Å². The van der Waals surface area contributed by atoms with E-state index in [-0.39, 0.29) is 11.4 Å². The van der Waals surface area contributed by atoms with Crippen LogP contribution < -0.4 is 4.72 Å². The van der Waals surface area contributed by atoms with Gasteiger partial charge in [0.2, 0.25) is 16.0 Å². The number of hydrogen-bond acceptors (Lipinski definition) is 3. The van der Waals surface area contributed by atoms with Gasteiger partial charge in [-0.05, 0) is 13.8 Å². The van der Waals surface area contributed by atoms with Crippen LogP contribution in [0.1, 0.15) is 40.3 Å². The number of H-pyrrole nitrogens is 1. The number of aromatic amines is 1. The molecule has 0 bridgehead atoms. The van der Waals surface area contributed by atoms with Gasteiger partial charge >= 0.3 is 0 Å². The van der Waals surface area contributed by atoms with Crippen molar-refractivity contribution in [1.29, 1.82) is 0 Å². The molecule has 0 aliphatic rings. The highest BCUT2D eigenvalue weighted by atomic mass is 32.2. The normalized spacial score (nSPS) is 13.1. The number of anilines is 1. The van der Waals surface area contributed by atoms with Gasteiger partial charge in [0.25, 0.3) is 0 Å². The van der Waals surface area contributed by atoms with Gasteiger partial charge in [0.1, 0.15) is 0 Å². The summed E-state index contributed by atoms with van der Waals surface area (Å²) in [6, 6.07) is 0. The zero-order valence-electron chi connectivity index (χ0n) is 10.3. The van der Waals surface area contributed by atoms with Crippen LogP contribution in [0.2, 0.25) is 0 Å². The first-order chi connectivity index (χ1) is 7.13. The van der Waals surface area contributed by atoms with Crippen LogP contribution in [0.15, 0.2) is 6.20 Å². The van der Waals surface area contributed by atoms with E-state index in [4.69, 9.17) is 0 Å². The van der Waals surface area contributed by atoms with Gasteiger partial charge in [-0.2, -0.15) is 0 Å². The van der Waals surface area contributed by atoms with Crippen molar-refractivity contribution in [3.05, 3.63) is 11.9 Å². The van der Waals surface area contributed by atoms with Crippen molar-refractivity contribution in [2.75, 3.05) is 4.72 Å². The Hall–Kier alpha value is -1.04. The molecule has 1 rings (SSSR count). The third-order valence-corrected chi connectivity index (χ3v) is 3.96. The lowest BCUT2D eigenvalue weighted by Gasteiger charge is -2.15. The van der Waals surface area contributed by atoms with Crippen LogP contribution in [0, 0.1) is 0 Å². The van der Waals surface area contributed by atoms with Crippen LogP contribution in [0.25, 0.3) is 0 Å². The number of aromatic nitrogens is 2. The molecule has 0 aromatic carbocycles. The minimum Gasteiger partial charge on any atom is -0.327 e. The second-order valence-electron chi connectivity index (χ2n) is 5.09. The smallest absolute Gasteiger partial charge is 0.237 e. The van der Waals surface area contributed by atoms with Gasteiger partial charge in [0, 0.05) is 11.1 Å². The highest BCUT2D eigenvalue weighted by molar-refractivity contribution is 7.93. The average molecular weight is 245 g/mol. The number of sulfonamides is 1. The summed E-state index contributed by atoms with van der Waals surface area (Å²) < 4.78 is 25.6. The number of rotatable bonds is 3. The predicted molar refractivity (Wildman–Crippen MR) is 65.0 cm³/mol. The minimum atomic E-state index is -3.33. The van der Waals surface area contributed by atoms with E-state index < -0.39 is 15.3 Å². The second kappa shape index (κ2) is 4.08. The molecular weight excluding hydrogens is 226 g/mol. The van der Waals surface area contributed by atoms with E-state index in [1.165, 1.54) is 0 Å². The lowest BCUT2D eigenvalue weighted by atomic mass is 9.93. The van der Waals surface area contributed by atoms with Gasteiger partial charge in [0.15, 0.2) is 0 Å². The Balaban J connectivity index is 2.90. The zero-order chi connectivity index (χ0) is 12.6. The van der Waals surface area contributed by atoms with Crippen molar-refractivity contribution in [3.8, 4) is 0 Å². The Labute approximate surface area is 96.7 Å². The summed E-state index contributed by atoms with van der Waals surface area (Å²) >= 11 is 0. The molecule has 0 aliphatic heterocycles. The van der Waals surface area contributed by atoms with E-state index in [0.29, 0.717) is 0 Å². The Morgan fingerprint density at radius 1 is 1.38 bits per heavy atom. The molecule has 16 heavy (non-hydrogen) atoms. The molecule has 1 aromatic heterocycles. The predicted octanol–water partition coefficient (Wildman–Crippen LogP) is 1.86. The monoisotopic (exact) mass is 245 g/mol. The van der Waals surface area contributed by atoms with Crippen molar-refractivity contribution >= 4 is 16.0 Å². The van der Waals surface area contributed by atoms with E-state index in [1.807, 2.05) is 20.8 Å². The van der Waals surface area contributed by atoms with Crippen LogP contribution in [-0.2, 0) is 15.4 Å². The van der Waals surface area contributed by atoms with Crippen molar-refractivity contribution < 1.29 is 8.42 Å². The first-order valence-corrected chi connectivity index (χ1v) is 6.74. The molecule has 5 nitrogen and oxygen atoms in total. The summed E-state index contributed by atoms with van der Waals surface area (Å²) in [7, 11) is -3.33. The van der Waals surface area contributed by atoms with Gasteiger partial charge in [0.05, 0.1) is 11.4 Å². The van der Waals surface area contributed by atoms with Crippen LogP contribution >= 0.6 is 0 Å².